The van der Waals surface area contributed by atoms with Crippen LogP contribution in [0.2, 0.25) is 0 Å². The van der Waals surface area contributed by atoms with Crippen molar-refractivity contribution >= 4 is 0 Å². The van der Waals surface area contributed by atoms with Crippen molar-refractivity contribution in [2.24, 2.45) is 17.6 Å². The Balaban J connectivity index is 2.14. The van der Waals surface area contributed by atoms with E-state index in [9.17, 15) is 0 Å². The average Bonchev–Trinajstić information content (AvgIpc) is 2.81. The maximum Gasteiger partial charge on any atom is 0.0510 e. The van der Waals surface area contributed by atoms with Crippen molar-refractivity contribution in [3.8, 4) is 0 Å². The van der Waals surface area contributed by atoms with Crippen molar-refractivity contribution in [3.05, 3.63) is 0 Å². The van der Waals surface area contributed by atoms with Crippen LogP contribution in [0.1, 0.15) is 39.0 Å². The summed E-state index contributed by atoms with van der Waals surface area (Å²) >= 11 is 0. The molecule has 4 atom stereocenters. The van der Waals surface area contributed by atoms with Gasteiger partial charge in [-0.25, -0.2) is 0 Å². The van der Waals surface area contributed by atoms with E-state index in [1.54, 1.807) is 0 Å². The second-order valence-corrected chi connectivity index (χ2v) is 6.35. The van der Waals surface area contributed by atoms with Crippen molar-refractivity contribution in [2.45, 2.75) is 50.6 Å². The molecule has 3 heteroatoms. The predicted octanol–water partition coefficient (Wildman–Crippen LogP) is 1.86. The zero-order valence-corrected chi connectivity index (χ0v) is 11.6. The van der Waals surface area contributed by atoms with Crippen molar-refractivity contribution in [1.82, 2.24) is 4.90 Å². The lowest BCUT2D eigenvalue weighted by atomic mass is 9.68. The molecule has 1 saturated carbocycles. The Kier molecular flexibility index (Phi) is 4.11. The number of rotatable bonds is 3. The molecule has 0 aromatic heterocycles. The number of nitrogens with zero attached hydrogens (tertiary/aromatic N) is 1. The molecule has 17 heavy (non-hydrogen) atoms. The summed E-state index contributed by atoms with van der Waals surface area (Å²) in [5.74, 6) is 1.36. The number of ether oxygens (including phenoxy) is 1. The fourth-order valence-corrected chi connectivity index (χ4v) is 3.85. The van der Waals surface area contributed by atoms with Crippen molar-refractivity contribution in [1.29, 1.82) is 0 Å². The molecule has 100 valence electrons. The van der Waals surface area contributed by atoms with Gasteiger partial charge >= 0.3 is 0 Å². The zero-order chi connectivity index (χ0) is 12.5. The van der Waals surface area contributed by atoms with Crippen LogP contribution in [0.5, 0.6) is 0 Å². The molecule has 1 aliphatic carbocycles. The maximum absolute atomic E-state index is 6.63. The Hall–Kier alpha value is -0.120. The van der Waals surface area contributed by atoms with E-state index in [0.29, 0.717) is 5.92 Å². The third-order valence-electron chi connectivity index (χ3n) is 4.99. The van der Waals surface area contributed by atoms with Gasteiger partial charge in [0.05, 0.1) is 6.61 Å². The lowest BCUT2D eigenvalue weighted by molar-refractivity contribution is 0.0279. The van der Waals surface area contributed by atoms with E-state index >= 15 is 0 Å². The third kappa shape index (κ3) is 2.51. The third-order valence-corrected chi connectivity index (χ3v) is 4.99. The highest BCUT2D eigenvalue weighted by atomic mass is 16.5. The van der Waals surface area contributed by atoms with E-state index in [-0.39, 0.29) is 11.6 Å². The van der Waals surface area contributed by atoms with E-state index in [1.807, 2.05) is 0 Å². The summed E-state index contributed by atoms with van der Waals surface area (Å²) < 4.78 is 5.52. The predicted molar refractivity (Wildman–Crippen MR) is 71.0 cm³/mol. The SMILES string of the molecule is CC1CCCC(C(N)C2CCOC2)(N(C)C)C1. The molecular formula is C14H28N2O. The number of hydrogen-bond donors (Lipinski definition) is 1. The summed E-state index contributed by atoms with van der Waals surface area (Å²) in [6.07, 6.45) is 6.33. The van der Waals surface area contributed by atoms with Gasteiger partial charge in [-0.3, -0.25) is 0 Å². The summed E-state index contributed by atoms with van der Waals surface area (Å²) in [6.45, 7) is 4.14. The van der Waals surface area contributed by atoms with Crippen LogP contribution in [0.15, 0.2) is 0 Å². The quantitative estimate of drug-likeness (QED) is 0.818. The Morgan fingerprint density at radius 3 is 2.65 bits per heavy atom. The summed E-state index contributed by atoms with van der Waals surface area (Å²) in [5, 5.41) is 0. The molecule has 1 aliphatic heterocycles. The van der Waals surface area contributed by atoms with Gasteiger partial charge in [-0.15, -0.1) is 0 Å². The molecule has 0 bridgehead atoms. The molecule has 3 nitrogen and oxygen atoms in total. The second-order valence-electron chi connectivity index (χ2n) is 6.35. The van der Waals surface area contributed by atoms with Crippen LogP contribution in [-0.2, 0) is 4.74 Å². The van der Waals surface area contributed by atoms with Crippen LogP contribution >= 0.6 is 0 Å². The van der Waals surface area contributed by atoms with Gasteiger partial charge in [-0.1, -0.05) is 19.8 Å². The van der Waals surface area contributed by atoms with Gasteiger partial charge in [0.15, 0.2) is 0 Å². The summed E-state index contributed by atoms with van der Waals surface area (Å²) in [5.41, 5.74) is 6.83. The van der Waals surface area contributed by atoms with E-state index in [1.165, 1.54) is 25.7 Å². The van der Waals surface area contributed by atoms with E-state index < -0.39 is 0 Å². The Morgan fingerprint density at radius 1 is 1.35 bits per heavy atom. The van der Waals surface area contributed by atoms with Gasteiger partial charge < -0.3 is 15.4 Å². The number of nitrogens with two attached hydrogens (primary N) is 1. The first-order valence-corrected chi connectivity index (χ1v) is 7.07. The Labute approximate surface area is 106 Å². The topological polar surface area (TPSA) is 38.5 Å². The monoisotopic (exact) mass is 240 g/mol. The van der Waals surface area contributed by atoms with Gasteiger partial charge in [0, 0.05) is 24.1 Å². The fourth-order valence-electron chi connectivity index (χ4n) is 3.85. The molecule has 0 amide bonds. The lowest BCUT2D eigenvalue weighted by Gasteiger charge is -2.50. The standard InChI is InChI=1S/C14H28N2O/c1-11-5-4-7-14(9-11,16(2)3)13(15)12-6-8-17-10-12/h11-13H,4-10,15H2,1-3H3. The lowest BCUT2D eigenvalue weighted by Crippen LogP contribution is -2.62. The van der Waals surface area contributed by atoms with Gasteiger partial charge in [0.1, 0.15) is 0 Å². The Morgan fingerprint density at radius 2 is 2.12 bits per heavy atom. The molecular weight excluding hydrogens is 212 g/mol. The van der Waals surface area contributed by atoms with Gasteiger partial charge in [0.2, 0.25) is 0 Å². The fraction of sp³-hybridized carbons (Fsp3) is 1.00. The molecule has 2 aliphatic rings. The van der Waals surface area contributed by atoms with Crippen molar-refractivity contribution < 1.29 is 4.74 Å². The first-order valence-electron chi connectivity index (χ1n) is 7.07. The van der Waals surface area contributed by atoms with Crippen LogP contribution in [-0.4, -0.2) is 43.8 Å². The van der Waals surface area contributed by atoms with Crippen LogP contribution in [0.25, 0.3) is 0 Å². The largest absolute Gasteiger partial charge is 0.381 e. The normalized spacial score (nSPS) is 40.8. The van der Waals surface area contributed by atoms with Gasteiger partial charge in [-0.05, 0) is 39.3 Å². The highest BCUT2D eigenvalue weighted by molar-refractivity contribution is 5.03. The van der Waals surface area contributed by atoms with Crippen molar-refractivity contribution in [2.75, 3.05) is 27.3 Å². The second kappa shape index (κ2) is 5.25. The van der Waals surface area contributed by atoms with Gasteiger partial charge in [0.25, 0.3) is 0 Å². The number of hydrogen-bond acceptors (Lipinski definition) is 3. The van der Waals surface area contributed by atoms with Crippen LogP contribution < -0.4 is 5.73 Å². The minimum absolute atomic E-state index is 0.204. The molecule has 1 saturated heterocycles. The summed E-state index contributed by atoms with van der Waals surface area (Å²) in [4.78, 5) is 2.39. The maximum atomic E-state index is 6.63. The molecule has 2 N–H and O–H groups in total. The molecule has 0 aromatic rings. The average molecular weight is 240 g/mol. The first kappa shape index (κ1) is 13.3. The molecule has 0 radical (unpaired) electrons. The van der Waals surface area contributed by atoms with E-state index in [0.717, 1.165) is 25.6 Å². The van der Waals surface area contributed by atoms with E-state index in [2.05, 4.69) is 25.9 Å². The van der Waals surface area contributed by atoms with Gasteiger partial charge in [-0.2, -0.15) is 0 Å². The molecule has 4 unspecified atom stereocenters. The molecule has 2 fully saturated rings. The van der Waals surface area contributed by atoms with E-state index in [4.69, 9.17) is 10.5 Å². The van der Waals surface area contributed by atoms with Crippen LogP contribution in [0.4, 0.5) is 0 Å². The smallest absolute Gasteiger partial charge is 0.0510 e. The van der Waals surface area contributed by atoms with Crippen LogP contribution in [0, 0.1) is 11.8 Å². The number of likely N-dealkylation sites (N-methyl/N-ethyl adjacent to an activating group) is 1. The first-order chi connectivity index (χ1) is 8.06. The zero-order valence-electron chi connectivity index (χ0n) is 11.6. The minimum Gasteiger partial charge on any atom is -0.381 e. The highest BCUT2D eigenvalue weighted by Crippen LogP contribution is 2.40. The van der Waals surface area contributed by atoms with Crippen LogP contribution in [0.3, 0.4) is 0 Å². The molecule has 2 rings (SSSR count). The Bertz CT molecular complexity index is 251. The molecule has 1 heterocycles. The highest BCUT2D eigenvalue weighted by Gasteiger charge is 2.45. The molecule has 0 aromatic carbocycles. The molecule has 0 spiro atoms. The summed E-state index contributed by atoms with van der Waals surface area (Å²) in [6, 6.07) is 0.266. The van der Waals surface area contributed by atoms with Crippen molar-refractivity contribution in [3.63, 3.8) is 0 Å². The summed E-state index contributed by atoms with van der Waals surface area (Å²) in [7, 11) is 4.40. The minimum atomic E-state index is 0.204.